The minimum Gasteiger partial charge on any atom is -0.331 e. The van der Waals surface area contributed by atoms with E-state index < -0.39 is 0 Å². The topological polar surface area (TPSA) is 3.24 Å². The van der Waals surface area contributed by atoms with Crippen molar-refractivity contribution in [1.29, 1.82) is 0 Å². The maximum absolute atomic E-state index is 2.71. The highest BCUT2D eigenvalue weighted by molar-refractivity contribution is 4.61. The van der Waals surface area contributed by atoms with Crippen molar-refractivity contribution < 1.29 is 4.48 Å². The van der Waals surface area contributed by atoms with E-state index in [0.717, 1.165) is 10.4 Å². The molecule has 146 valence electrons. The molecule has 0 atom stereocenters. The molecule has 0 aromatic rings. The van der Waals surface area contributed by atoms with Crippen LogP contribution in [0.4, 0.5) is 0 Å². The fourth-order valence-electron chi connectivity index (χ4n) is 3.40. The Labute approximate surface area is 154 Å². The van der Waals surface area contributed by atoms with Gasteiger partial charge < -0.3 is 9.38 Å². The molecule has 0 heterocycles. The Morgan fingerprint density at radius 3 is 1.58 bits per heavy atom. The molecule has 0 unspecified atom stereocenters. The van der Waals surface area contributed by atoms with Crippen LogP contribution in [0, 0.1) is 5.92 Å². The van der Waals surface area contributed by atoms with Gasteiger partial charge in [0.1, 0.15) is 0 Å². The summed E-state index contributed by atoms with van der Waals surface area (Å²) in [7, 11) is 6.90. The van der Waals surface area contributed by atoms with Crippen molar-refractivity contribution >= 4 is 0 Å². The lowest BCUT2D eigenvalue weighted by atomic mass is 10.1. The smallest absolute Gasteiger partial charge is 0.0792 e. The Kier molecular flexibility index (Phi) is 15.1. The molecule has 0 bridgehead atoms. The van der Waals surface area contributed by atoms with Crippen LogP contribution >= 0.6 is 0 Å². The molecule has 0 aliphatic heterocycles. The first-order valence-electron chi connectivity index (χ1n) is 10.9. The first-order valence-corrected chi connectivity index (χ1v) is 10.9. The van der Waals surface area contributed by atoms with Crippen molar-refractivity contribution in [2.75, 3.05) is 47.3 Å². The van der Waals surface area contributed by atoms with Crippen LogP contribution < -0.4 is 0 Å². The molecular weight excluding hydrogens is 292 g/mol. The third-order valence-corrected chi connectivity index (χ3v) is 4.75. The molecule has 0 rings (SSSR count). The minimum absolute atomic E-state index is 0.789. The molecule has 2 heteroatoms. The molecule has 0 amide bonds. The van der Waals surface area contributed by atoms with Gasteiger partial charge in [0.2, 0.25) is 0 Å². The molecule has 2 nitrogen and oxygen atoms in total. The van der Waals surface area contributed by atoms with Gasteiger partial charge in [-0.05, 0) is 18.9 Å². The van der Waals surface area contributed by atoms with Gasteiger partial charge in [-0.2, -0.15) is 0 Å². The van der Waals surface area contributed by atoms with Gasteiger partial charge in [0, 0.05) is 19.5 Å². The van der Waals surface area contributed by atoms with Crippen molar-refractivity contribution in [3.8, 4) is 0 Å². The predicted octanol–water partition coefficient (Wildman–Crippen LogP) is 5.96. The number of rotatable bonds is 17. The average Bonchev–Trinajstić information content (AvgIpc) is 2.47. The second-order valence-corrected chi connectivity index (χ2v) is 9.24. The van der Waals surface area contributed by atoms with E-state index in [4.69, 9.17) is 0 Å². The number of hydrogen-bond donors (Lipinski definition) is 0. The van der Waals surface area contributed by atoms with Crippen LogP contribution in [-0.4, -0.2) is 56.7 Å². The van der Waals surface area contributed by atoms with Gasteiger partial charge in [0.15, 0.2) is 0 Å². The summed E-state index contributed by atoms with van der Waals surface area (Å²) in [6, 6.07) is 0. The van der Waals surface area contributed by atoms with Crippen molar-refractivity contribution in [1.82, 2.24) is 4.90 Å². The zero-order valence-corrected chi connectivity index (χ0v) is 18.1. The van der Waals surface area contributed by atoms with Crippen LogP contribution in [0.1, 0.15) is 91.4 Å². The third kappa shape index (κ3) is 18.3. The van der Waals surface area contributed by atoms with Gasteiger partial charge in [-0.3, -0.25) is 0 Å². The number of unbranched alkanes of at least 4 members (excludes halogenated alkanes) is 9. The maximum atomic E-state index is 2.71. The van der Waals surface area contributed by atoms with Gasteiger partial charge in [-0.15, -0.1) is 0 Å². The molecule has 0 fully saturated rings. The van der Waals surface area contributed by atoms with Gasteiger partial charge in [0.25, 0.3) is 0 Å². The number of nitrogens with zero attached hydrogens (tertiary/aromatic N) is 2. The van der Waals surface area contributed by atoms with Gasteiger partial charge in [-0.1, -0.05) is 78.6 Å². The quantitative estimate of drug-likeness (QED) is 0.233. The van der Waals surface area contributed by atoms with Crippen molar-refractivity contribution in [2.45, 2.75) is 91.4 Å². The highest BCUT2D eigenvalue weighted by atomic mass is 15.3. The van der Waals surface area contributed by atoms with E-state index in [1.165, 1.54) is 96.8 Å². The van der Waals surface area contributed by atoms with E-state index in [2.05, 4.69) is 46.8 Å². The second-order valence-electron chi connectivity index (χ2n) is 9.24. The highest BCUT2D eigenvalue weighted by Gasteiger charge is 2.11. The van der Waals surface area contributed by atoms with E-state index in [-0.39, 0.29) is 0 Å². The monoisotopic (exact) mass is 341 g/mol. The van der Waals surface area contributed by atoms with Crippen LogP contribution in [0.5, 0.6) is 0 Å². The van der Waals surface area contributed by atoms with E-state index in [0.29, 0.717) is 0 Å². The molecule has 0 aromatic heterocycles. The molecule has 0 aliphatic rings. The summed E-state index contributed by atoms with van der Waals surface area (Å²) >= 11 is 0. The first-order chi connectivity index (χ1) is 11.3. The lowest BCUT2D eigenvalue weighted by Gasteiger charge is -2.28. The summed E-state index contributed by atoms with van der Waals surface area (Å²) in [4.78, 5) is 2.71. The number of hydrogen-bond acceptors (Lipinski definition) is 1. The van der Waals surface area contributed by atoms with Crippen molar-refractivity contribution in [3.05, 3.63) is 0 Å². The molecule has 0 radical (unpaired) electrons. The standard InChI is InChI=1S/C22H49N2/c1-7-8-9-10-11-12-13-14-15-16-18-23(21-22(2)3)19-17-20-24(4,5)6/h22H,7-21H2,1-6H3/q+1. The maximum Gasteiger partial charge on any atom is 0.0792 e. The third-order valence-electron chi connectivity index (χ3n) is 4.75. The molecule has 0 saturated heterocycles. The normalized spacial score (nSPS) is 12.5. The molecular formula is C22H49N2+. The molecule has 0 saturated carbocycles. The molecule has 0 N–H and O–H groups in total. The van der Waals surface area contributed by atoms with E-state index in [9.17, 15) is 0 Å². The summed E-state index contributed by atoms with van der Waals surface area (Å²) in [6.45, 7) is 12.2. The van der Waals surface area contributed by atoms with E-state index in [1.54, 1.807) is 0 Å². The summed E-state index contributed by atoms with van der Waals surface area (Å²) in [5.74, 6) is 0.789. The Hall–Kier alpha value is -0.0800. The highest BCUT2D eigenvalue weighted by Crippen LogP contribution is 2.11. The zero-order chi connectivity index (χ0) is 18.3. The fourth-order valence-corrected chi connectivity index (χ4v) is 3.40. The zero-order valence-electron chi connectivity index (χ0n) is 18.1. The van der Waals surface area contributed by atoms with Gasteiger partial charge >= 0.3 is 0 Å². The van der Waals surface area contributed by atoms with Crippen LogP contribution in [-0.2, 0) is 0 Å². The number of quaternary nitrogens is 1. The summed E-state index contributed by atoms with van der Waals surface area (Å²) in [5, 5.41) is 0. The van der Waals surface area contributed by atoms with E-state index >= 15 is 0 Å². The van der Waals surface area contributed by atoms with Crippen LogP contribution in [0.2, 0.25) is 0 Å². The van der Waals surface area contributed by atoms with Crippen molar-refractivity contribution in [2.24, 2.45) is 5.92 Å². The summed E-state index contributed by atoms with van der Waals surface area (Å²) < 4.78 is 1.09. The van der Waals surface area contributed by atoms with Gasteiger partial charge in [-0.25, -0.2) is 0 Å². The van der Waals surface area contributed by atoms with Crippen LogP contribution in [0.25, 0.3) is 0 Å². The van der Waals surface area contributed by atoms with Gasteiger partial charge in [0.05, 0.1) is 27.7 Å². The van der Waals surface area contributed by atoms with Crippen LogP contribution in [0.3, 0.4) is 0 Å². The molecule has 0 aliphatic carbocycles. The fraction of sp³-hybridized carbons (Fsp3) is 1.00. The lowest BCUT2D eigenvalue weighted by Crippen LogP contribution is -2.38. The Morgan fingerprint density at radius 2 is 1.12 bits per heavy atom. The summed E-state index contributed by atoms with van der Waals surface area (Å²) in [6.07, 6.45) is 15.7. The molecule has 24 heavy (non-hydrogen) atoms. The molecule has 0 aromatic carbocycles. The second kappa shape index (κ2) is 15.2. The lowest BCUT2D eigenvalue weighted by molar-refractivity contribution is -0.870. The summed E-state index contributed by atoms with van der Waals surface area (Å²) in [5.41, 5.74) is 0. The Bertz CT molecular complexity index is 255. The Morgan fingerprint density at radius 1 is 0.667 bits per heavy atom. The largest absolute Gasteiger partial charge is 0.331 e. The Balaban J connectivity index is 3.64. The first kappa shape index (κ1) is 23.9. The SMILES string of the molecule is CCCCCCCCCCCCN(CCC[N+](C)(C)C)CC(C)C. The van der Waals surface area contributed by atoms with E-state index in [1.807, 2.05) is 0 Å². The van der Waals surface area contributed by atoms with Crippen molar-refractivity contribution in [3.63, 3.8) is 0 Å². The average molecular weight is 342 g/mol. The minimum atomic E-state index is 0.789. The van der Waals surface area contributed by atoms with Crippen LogP contribution in [0.15, 0.2) is 0 Å². The predicted molar refractivity (Wildman–Crippen MR) is 111 cm³/mol. The molecule has 0 spiro atoms.